The van der Waals surface area contributed by atoms with Gasteiger partial charge in [0.2, 0.25) is 0 Å². The molecule has 5 nitrogen and oxygen atoms in total. The lowest BCUT2D eigenvalue weighted by molar-refractivity contribution is -0.380. The summed E-state index contributed by atoms with van der Waals surface area (Å²) in [5.74, 6) is -2.37. The molecule has 10 rings (SSSR count). The summed E-state index contributed by atoms with van der Waals surface area (Å²) >= 11 is 0. The Morgan fingerprint density at radius 1 is 0.622 bits per heavy atom. The maximum atomic E-state index is 14.8. The van der Waals surface area contributed by atoms with Crippen molar-refractivity contribution in [3.63, 3.8) is 0 Å². The Morgan fingerprint density at radius 2 is 0.973 bits per heavy atom. The van der Waals surface area contributed by atoms with Gasteiger partial charge in [0.05, 0.1) is 13.2 Å². The predicted molar refractivity (Wildman–Crippen MR) is 122 cm³/mol. The molecule has 0 aromatic rings. The van der Waals surface area contributed by atoms with Crippen molar-refractivity contribution in [1.82, 2.24) is 0 Å². The summed E-state index contributed by atoms with van der Waals surface area (Å²) in [6.07, 6.45) is 2.79. The minimum Gasteiger partial charge on any atom is -0.347 e. The van der Waals surface area contributed by atoms with Crippen molar-refractivity contribution in [2.24, 2.45) is 47.3 Å². The van der Waals surface area contributed by atoms with Crippen molar-refractivity contribution in [1.29, 1.82) is 0 Å². The molecule has 10 fully saturated rings. The fourth-order valence-corrected chi connectivity index (χ4v) is 10.6. The summed E-state index contributed by atoms with van der Waals surface area (Å²) < 4.78 is 88.5. The zero-order valence-electron chi connectivity index (χ0n) is 21.4. The van der Waals surface area contributed by atoms with E-state index < -0.39 is 41.9 Å². The van der Waals surface area contributed by atoms with Crippen LogP contribution in [0.1, 0.15) is 71.1 Å². The minimum absolute atomic E-state index is 0.0439. The molecule has 2 aliphatic heterocycles. The highest BCUT2D eigenvalue weighted by Gasteiger charge is 2.67. The van der Waals surface area contributed by atoms with Crippen LogP contribution in [0.2, 0.25) is 0 Å². The quantitative estimate of drug-likeness (QED) is 0.424. The molecule has 0 radical (unpaired) electrons. The molecule has 2 atom stereocenters. The van der Waals surface area contributed by atoms with Crippen molar-refractivity contribution in [2.45, 2.75) is 113 Å². The molecule has 10 aliphatic rings. The molecular weight excluding hydrogens is 492 g/mol. The van der Waals surface area contributed by atoms with Crippen LogP contribution in [0.15, 0.2) is 0 Å². The summed E-state index contributed by atoms with van der Waals surface area (Å²) in [5.41, 5.74) is 0. The van der Waals surface area contributed by atoms with Gasteiger partial charge in [-0.15, -0.1) is 0 Å². The minimum atomic E-state index is -4.66. The van der Waals surface area contributed by atoms with Crippen LogP contribution in [0.3, 0.4) is 0 Å². The number of hydrogen-bond acceptors (Lipinski definition) is 5. The smallest absolute Gasteiger partial charge is 0.347 e. The zero-order valence-corrected chi connectivity index (χ0v) is 21.4. The van der Waals surface area contributed by atoms with Crippen molar-refractivity contribution < 1.29 is 41.2 Å². The summed E-state index contributed by atoms with van der Waals surface area (Å²) in [7, 11) is 0. The van der Waals surface area contributed by atoms with E-state index in [-0.39, 0.29) is 43.8 Å². The Kier molecular flexibility index (Phi) is 5.15. The molecule has 2 unspecified atom stereocenters. The molecule has 8 saturated carbocycles. The van der Waals surface area contributed by atoms with Crippen molar-refractivity contribution in [3.05, 3.63) is 0 Å². The molecule has 8 aliphatic carbocycles. The van der Waals surface area contributed by atoms with Gasteiger partial charge in [0.15, 0.2) is 11.6 Å². The molecule has 0 aromatic carbocycles. The highest BCUT2D eigenvalue weighted by atomic mass is 19.3. The second kappa shape index (κ2) is 7.83. The average Bonchev–Trinajstić information content (AvgIpc) is 3.45. The highest BCUT2D eigenvalue weighted by molar-refractivity contribution is 5.09. The van der Waals surface area contributed by atoms with Gasteiger partial charge in [0.1, 0.15) is 18.3 Å². The number of halogens is 4. The second-order valence-electron chi connectivity index (χ2n) is 14.0. The van der Waals surface area contributed by atoms with Gasteiger partial charge in [-0.05, 0) is 87.9 Å². The van der Waals surface area contributed by atoms with E-state index in [0.717, 1.165) is 51.4 Å². The van der Waals surface area contributed by atoms with Crippen molar-refractivity contribution in [3.8, 4) is 0 Å². The van der Waals surface area contributed by atoms with Gasteiger partial charge in [0.25, 0.3) is 0 Å². The lowest BCUT2D eigenvalue weighted by Crippen LogP contribution is -2.60. The van der Waals surface area contributed by atoms with Gasteiger partial charge >= 0.3 is 12.0 Å². The van der Waals surface area contributed by atoms with Crippen LogP contribution in [0.5, 0.6) is 0 Å². The van der Waals surface area contributed by atoms with Crippen LogP contribution in [0.4, 0.5) is 17.6 Å². The van der Waals surface area contributed by atoms with E-state index in [9.17, 15) is 17.6 Å². The standard InChI is InChI=1S/C28H38F4O5/c1-25(29,30)28(31,32)37-24(22-12-33-26(35-22)18-4-14-2-15(6-18)7-19(26)5-14)23-13-34-27(36-23)20-8-16-3-17(10-20)11-21(27)9-16/h14-24H,2-13H2,1H3. The Bertz CT molecular complexity index is 820. The Morgan fingerprint density at radius 3 is 1.30 bits per heavy atom. The molecule has 208 valence electrons. The van der Waals surface area contributed by atoms with Crippen LogP contribution in [-0.2, 0) is 23.7 Å². The molecule has 0 amide bonds. The maximum Gasteiger partial charge on any atom is 0.419 e. The van der Waals surface area contributed by atoms with E-state index in [0.29, 0.717) is 23.7 Å². The van der Waals surface area contributed by atoms with Crippen molar-refractivity contribution in [2.75, 3.05) is 13.2 Å². The number of ether oxygens (including phenoxy) is 5. The van der Waals surface area contributed by atoms with Crippen LogP contribution in [0.25, 0.3) is 0 Å². The largest absolute Gasteiger partial charge is 0.419 e. The Balaban J connectivity index is 1.07. The van der Waals surface area contributed by atoms with E-state index in [1.54, 1.807) is 0 Å². The molecular formula is C28H38F4O5. The Hall–Kier alpha value is -0.480. The van der Waals surface area contributed by atoms with Crippen molar-refractivity contribution >= 4 is 0 Å². The van der Waals surface area contributed by atoms with Gasteiger partial charge < -0.3 is 23.7 Å². The summed E-state index contributed by atoms with van der Waals surface area (Å²) in [6.45, 7) is 0.283. The van der Waals surface area contributed by atoms with Crippen LogP contribution >= 0.6 is 0 Å². The molecule has 2 spiro atoms. The monoisotopic (exact) mass is 530 g/mol. The number of hydrogen-bond donors (Lipinski definition) is 0. The molecule has 8 bridgehead atoms. The first kappa shape index (κ1) is 24.3. The lowest BCUT2D eigenvalue weighted by atomic mass is 9.53. The first-order chi connectivity index (χ1) is 17.5. The van der Waals surface area contributed by atoms with Crippen LogP contribution < -0.4 is 0 Å². The number of rotatable bonds is 5. The lowest BCUT2D eigenvalue weighted by Gasteiger charge is -2.58. The van der Waals surface area contributed by atoms with Crippen LogP contribution in [-0.4, -0.2) is 55.1 Å². The fourth-order valence-electron chi connectivity index (χ4n) is 10.6. The van der Waals surface area contributed by atoms with E-state index >= 15 is 0 Å². The van der Waals surface area contributed by atoms with E-state index in [1.807, 2.05) is 0 Å². The third-order valence-electron chi connectivity index (χ3n) is 11.7. The summed E-state index contributed by atoms with van der Waals surface area (Å²) in [4.78, 5) is 0. The molecule has 0 aromatic heterocycles. The topological polar surface area (TPSA) is 46.2 Å². The molecule has 9 heteroatoms. The third kappa shape index (κ3) is 3.45. The van der Waals surface area contributed by atoms with Gasteiger partial charge in [-0.3, -0.25) is 0 Å². The normalized spacial score (nSPS) is 54.7. The van der Waals surface area contributed by atoms with Gasteiger partial charge in [-0.1, -0.05) is 0 Å². The summed E-state index contributed by atoms with van der Waals surface area (Å²) in [6, 6.07) is 0. The van der Waals surface area contributed by atoms with E-state index in [4.69, 9.17) is 23.7 Å². The third-order valence-corrected chi connectivity index (χ3v) is 11.7. The highest BCUT2D eigenvalue weighted by Crippen LogP contribution is 2.64. The van der Waals surface area contributed by atoms with Crippen LogP contribution in [0, 0.1) is 47.3 Å². The average molecular weight is 531 g/mol. The van der Waals surface area contributed by atoms with E-state index in [1.165, 1.54) is 12.8 Å². The second-order valence-corrected chi connectivity index (χ2v) is 14.0. The first-order valence-corrected chi connectivity index (χ1v) is 14.6. The molecule has 37 heavy (non-hydrogen) atoms. The van der Waals surface area contributed by atoms with Gasteiger partial charge in [0, 0.05) is 30.6 Å². The summed E-state index contributed by atoms with van der Waals surface area (Å²) in [5, 5.41) is 0. The SMILES string of the molecule is CC(F)(F)C(F)(F)OC(C1COC2(O1)C1CC3CC(C1)CC2C3)C1COC2(O1)C1CC3CC(C1)CC2C3. The van der Waals surface area contributed by atoms with E-state index in [2.05, 4.69) is 0 Å². The fraction of sp³-hybridized carbons (Fsp3) is 1.00. The van der Waals surface area contributed by atoms with Gasteiger partial charge in [-0.25, -0.2) is 0 Å². The molecule has 0 N–H and O–H groups in total. The Labute approximate surface area is 215 Å². The molecule has 2 heterocycles. The predicted octanol–water partition coefficient (Wildman–Crippen LogP) is 5.76. The zero-order chi connectivity index (χ0) is 25.4. The number of alkyl halides is 4. The maximum absolute atomic E-state index is 14.8. The first-order valence-electron chi connectivity index (χ1n) is 14.6. The van der Waals surface area contributed by atoms with Gasteiger partial charge in [-0.2, -0.15) is 17.6 Å². The molecule has 2 saturated heterocycles.